The highest BCUT2D eigenvalue weighted by Gasteiger charge is 2.16. The Morgan fingerprint density at radius 2 is 2.00 bits per heavy atom. The van der Waals surface area contributed by atoms with Gasteiger partial charge in [-0.2, -0.15) is 5.26 Å². The van der Waals surface area contributed by atoms with E-state index in [1.54, 1.807) is 31.3 Å². The van der Waals surface area contributed by atoms with Crippen LogP contribution < -0.4 is 0 Å². The third-order valence-corrected chi connectivity index (χ3v) is 3.49. The van der Waals surface area contributed by atoms with Crippen molar-refractivity contribution in [2.45, 2.75) is 6.92 Å². The van der Waals surface area contributed by atoms with E-state index in [9.17, 15) is 9.18 Å². The van der Waals surface area contributed by atoms with Crippen molar-refractivity contribution < 1.29 is 9.18 Å². The number of aryl methyl sites for hydroxylation is 1. The van der Waals surface area contributed by atoms with E-state index in [0.717, 1.165) is 5.52 Å². The summed E-state index contributed by atoms with van der Waals surface area (Å²) in [5, 5.41) is 9.67. The van der Waals surface area contributed by atoms with Gasteiger partial charge in [0.25, 0.3) is 0 Å². The first-order valence-corrected chi connectivity index (χ1v) is 6.42. The molecule has 1 N–H and O–H groups in total. The number of nitrogens with zero attached hydrogens (tertiary/aromatic N) is 1. The minimum atomic E-state index is -0.366. The number of nitriles is 1. The summed E-state index contributed by atoms with van der Waals surface area (Å²) in [4.78, 5) is 15.6. The summed E-state index contributed by atoms with van der Waals surface area (Å²) >= 11 is 0. The highest BCUT2D eigenvalue weighted by atomic mass is 19.1. The van der Waals surface area contributed by atoms with Crippen molar-refractivity contribution in [1.29, 1.82) is 5.26 Å². The van der Waals surface area contributed by atoms with Gasteiger partial charge in [0.1, 0.15) is 5.82 Å². The highest BCUT2D eigenvalue weighted by molar-refractivity contribution is 6.17. The van der Waals surface area contributed by atoms with Crippen LogP contribution in [-0.2, 0) is 0 Å². The molecule has 0 atom stereocenters. The molecule has 3 nitrogen and oxygen atoms in total. The summed E-state index contributed by atoms with van der Waals surface area (Å²) in [6.45, 7) is 1.70. The molecule has 0 saturated heterocycles. The lowest BCUT2D eigenvalue weighted by Crippen LogP contribution is -2.03. The van der Waals surface area contributed by atoms with Crippen LogP contribution in [-0.4, -0.2) is 10.8 Å². The first-order chi connectivity index (χ1) is 10.1. The van der Waals surface area contributed by atoms with Gasteiger partial charge in [-0.25, -0.2) is 4.39 Å². The molecule has 0 aliphatic heterocycles. The van der Waals surface area contributed by atoms with E-state index in [4.69, 9.17) is 5.26 Å². The number of fused-ring (bicyclic) bond motifs is 1. The molecule has 1 heterocycles. The molecule has 0 amide bonds. The van der Waals surface area contributed by atoms with E-state index in [0.29, 0.717) is 27.6 Å². The van der Waals surface area contributed by atoms with Crippen molar-refractivity contribution in [3.05, 3.63) is 70.7 Å². The Labute approximate surface area is 120 Å². The second-order valence-electron chi connectivity index (χ2n) is 4.86. The minimum Gasteiger partial charge on any atom is -0.360 e. The van der Waals surface area contributed by atoms with Gasteiger partial charge < -0.3 is 4.98 Å². The molecule has 21 heavy (non-hydrogen) atoms. The number of aromatic nitrogens is 1. The summed E-state index contributed by atoms with van der Waals surface area (Å²) in [6.07, 6.45) is 1.62. The first-order valence-electron chi connectivity index (χ1n) is 6.42. The number of carbonyl (C=O) groups is 1. The SMILES string of the molecule is Cc1cc(F)ccc1C(=O)c1c[nH]c2ccc(C#N)cc12. The van der Waals surface area contributed by atoms with Crippen molar-refractivity contribution in [3.63, 3.8) is 0 Å². The summed E-state index contributed by atoms with van der Waals surface area (Å²) in [7, 11) is 0. The second kappa shape index (κ2) is 4.88. The molecule has 0 bridgehead atoms. The van der Waals surface area contributed by atoms with Crippen LogP contribution in [0.4, 0.5) is 4.39 Å². The Kier molecular flexibility index (Phi) is 3.03. The van der Waals surface area contributed by atoms with Crippen LogP contribution in [0, 0.1) is 24.1 Å². The maximum absolute atomic E-state index is 13.2. The Morgan fingerprint density at radius 3 is 2.71 bits per heavy atom. The van der Waals surface area contributed by atoms with Gasteiger partial charge >= 0.3 is 0 Å². The predicted molar refractivity (Wildman–Crippen MR) is 77.6 cm³/mol. The normalized spacial score (nSPS) is 10.5. The zero-order chi connectivity index (χ0) is 15.0. The van der Waals surface area contributed by atoms with Crippen LogP contribution in [0.3, 0.4) is 0 Å². The number of halogens is 1. The van der Waals surface area contributed by atoms with Gasteiger partial charge in [0, 0.05) is 28.2 Å². The number of H-pyrrole nitrogens is 1. The predicted octanol–water partition coefficient (Wildman–Crippen LogP) is 3.72. The van der Waals surface area contributed by atoms with E-state index in [1.807, 2.05) is 0 Å². The van der Waals surface area contributed by atoms with Crippen LogP contribution in [0.15, 0.2) is 42.6 Å². The Balaban J connectivity index is 2.16. The molecule has 4 heteroatoms. The van der Waals surface area contributed by atoms with Crippen LogP contribution >= 0.6 is 0 Å². The van der Waals surface area contributed by atoms with E-state index in [1.165, 1.54) is 18.2 Å². The third-order valence-electron chi connectivity index (χ3n) is 3.49. The van der Waals surface area contributed by atoms with E-state index < -0.39 is 0 Å². The Hall–Kier alpha value is -2.93. The molecule has 0 aliphatic rings. The molecular formula is C17H11FN2O. The highest BCUT2D eigenvalue weighted by Crippen LogP contribution is 2.24. The maximum Gasteiger partial charge on any atom is 0.195 e. The first kappa shape index (κ1) is 13.1. The molecular weight excluding hydrogens is 267 g/mol. The van der Waals surface area contributed by atoms with Gasteiger partial charge in [0.15, 0.2) is 5.78 Å². The summed E-state index contributed by atoms with van der Waals surface area (Å²) in [6, 6.07) is 11.3. The monoisotopic (exact) mass is 278 g/mol. The smallest absolute Gasteiger partial charge is 0.195 e. The van der Waals surface area contributed by atoms with Crippen LogP contribution in [0.25, 0.3) is 10.9 Å². The molecule has 0 saturated carbocycles. The summed E-state index contributed by atoms with van der Waals surface area (Å²) in [5.74, 6) is -0.552. The van der Waals surface area contributed by atoms with Gasteiger partial charge in [-0.1, -0.05) is 0 Å². The quantitative estimate of drug-likeness (QED) is 0.726. The van der Waals surface area contributed by atoms with Crippen molar-refractivity contribution in [2.24, 2.45) is 0 Å². The lowest BCUT2D eigenvalue weighted by molar-refractivity contribution is 0.103. The van der Waals surface area contributed by atoms with Gasteiger partial charge in [-0.3, -0.25) is 4.79 Å². The second-order valence-corrected chi connectivity index (χ2v) is 4.86. The molecule has 0 unspecified atom stereocenters. The number of aromatic amines is 1. The Morgan fingerprint density at radius 1 is 1.19 bits per heavy atom. The standard InChI is InChI=1S/C17H11FN2O/c1-10-6-12(18)3-4-13(10)17(21)15-9-20-16-5-2-11(8-19)7-14(15)16/h2-7,9,20H,1H3. The molecule has 3 rings (SSSR count). The molecule has 0 spiro atoms. The van der Waals surface area contributed by atoms with Crippen molar-refractivity contribution >= 4 is 16.7 Å². The zero-order valence-electron chi connectivity index (χ0n) is 11.3. The lowest BCUT2D eigenvalue weighted by Gasteiger charge is -2.04. The third kappa shape index (κ3) is 2.19. The summed E-state index contributed by atoms with van der Waals surface area (Å²) in [5.41, 5.74) is 2.81. The number of hydrogen-bond acceptors (Lipinski definition) is 2. The molecule has 102 valence electrons. The number of hydrogen-bond donors (Lipinski definition) is 1. The molecule has 0 radical (unpaired) electrons. The van der Waals surface area contributed by atoms with Crippen LogP contribution in [0.5, 0.6) is 0 Å². The fourth-order valence-corrected chi connectivity index (χ4v) is 2.40. The number of nitrogens with one attached hydrogen (secondary N) is 1. The van der Waals surface area contributed by atoms with Crippen molar-refractivity contribution in [1.82, 2.24) is 4.98 Å². The fraction of sp³-hybridized carbons (Fsp3) is 0.0588. The largest absolute Gasteiger partial charge is 0.360 e. The zero-order valence-corrected chi connectivity index (χ0v) is 11.3. The molecule has 3 aromatic rings. The summed E-state index contributed by atoms with van der Waals surface area (Å²) < 4.78 is 13.2. The lowest BCUT2D eigenvalue weighted by atomic mass is 9.98. The number of rotatable bonds is 2. The molecule has 0 fully saturated rings. The van der Waals surface area contributed by atoms with Crippen molar-refractivity contribution in [3.8, 4) is 6.07 Å². The number of benzene rings is 2. The molecule has 0 aliphatic carbocycles. The fourth-order valence-electron chi connectivity index (χ4n) is 2.40. The number of ketones is 1. The van der Waals surface area contributed by atoms with E-state index in [2.05, 4.69) is 11.1 Å². The molecule has 1 aromatic heterocycles. The van der Waals surface area contributed by atoms with Gasteiger partial charge in [-0.15, -0.1) is 0 Å². The molecule has 2 aromatic carbocycles. The number of carbonyl (C=O) groups excluding carboxylic acids is 1. The maximum atomic E-state index is 13.2. The van der Waals surface area contributed by atoms with Gasteiger partial charge in [0.2, 0.25) is 0 Å². The van der Waals surface area contributed by atoms with E-state index in [-0.39, 0.29) is 11.6 Å². The van der Waals surface area contributed by atoms with Crippen LogP contribution in [0.1, 0.15) is 27.0 Å². The van der Waals surface area contributed by atoms with Crippen LogP contribution in [0.2, 0.25) is 0 Å². The average molecular weight is 278 g/mol. The van der Waals surface area contributed by atoms with Gasteiger partial charge in [0.05, 0.1) is 11.6 Å². The minimum absolute atomic E-state index is 0.186. The average Bonchev–Trinajstić information content (AvgIpc) is 2.89. The van der Waals surface area contributed by atoms with E-state index >= 15 is 0 Å². The van der Waals surface area contributed by atoms with Gasteiger partial charge in [-0.05, 0) is 48.9 Å². The van der Waals surface area contributed by atoms with Crippen molar-refractivity contribution in [2.75, 3.05) is 0 Å². The topological polar surface area (TPSA) is 56.6 Å². The Bertz CT molecular complexity index is 903.